The summed E-state index contributed by atoms with van der Waals surface area (Å²) in [5, 5.41) is 23.7. The number of carbonyl (C=O) groups is 3. The van der Waals surface area contributed by atoms with Crippen molar-refractivity contribution in [1.82, 2.24) is 31.3 Å². The first-order valence-corrected chi connectivity index (χ1v) is 17.5. The fourth-order valence-electron chi connectivity index (χ4n) is 7.76. The zero-order valence-corrected chi connectivity index (χ0v) is 27.8. The van der Waals surface area contributed by atoms with E-state index in [4.69, 9.17) is 5.73 Å². The number of carbonyl (C=O) groups excluding carboxylic acids is 3. The predicted octanol–water partition coefficient (Wildman–Crippen LogP) is 4.31. The summed E-state index contributed by atoms with van der Waals surface area (Å²) in [5.41, 5.74) is 12.0. The number of nitrogens with zero attached hydrogens (tertiary/aromatic N) is 3. The Labute approximate surface area is 286 Å². The van der Waals surface area contributed by atoms with E-state index in [1.807, 2.05) is 55.5 Å². The molecule has 3 aromatic carbocycles. The summed E-state index contributed by atoms with van der Waals surface area (Å²) in [7, 11) is 0. The molecule has 4 aromatic rings. The number of nitrogens with two attached hydrogens (primary N) is 1. The Kier molecular flexibility index (Phi) is 9.63. The zero-order valence-electron chi connectivity index (χ0n) is 27.8. The number of Topliss-reactive ketones (excluding diaryl/α,β-unsaturated/α-hetero) is 1. The van der Waals surface area contributed by atoms with Gasteiger partial charge in [-0.1, -0.05) is 30.3 Å². The molecule has 1 aromatic heterocycles. The molecule has 0 radical (unpaired) electrons. The molecule has 0 bridgehead atoms. The maximum absolute atomic E-state index is 13.8. The molecular weight excluding hydrogens is 616 g/mol. The SMILES string of the molecule is Cc1cc(C(=O)NC2C3CNCC32)ccc1-c1cccc(C[C@H](CC(=O)C2CCC(CN)CC2)C(=O)Nc2ccc(-c3nn[nH]n3)cc2)c1. The van der Waals surface area contributed by atoms with Crippen LogP contribution in [0.15, 0.2) is 66.7 Å². The van der Waals surface area contributed by atoms with Crippen molar-refractivity contribution in [3.8, 4) is 22.5 Å². The number of tetrazole rings is 1. The molecule has 3 atom stereocenters. The number of piperidine rings is 1. The largest absolute Gasteiger partial charge is 0.349 e. The first-order chi connectivity index (χ1) is 23.9. The van der Waals surface area contributed by atoms with Gasteiger partial charge < -0.3 is 21.7 Å². The third-order valence-corrected chi connectivity index (χ3v) is 10.8. The highest BCUT2D eigenvalue weighted by molar-refractivity contribution is 5.97. The normalized spacial score (nSPS) is 23.3. The molecule has 2 saturated carbocycles. The second-order valence-electron chi connectivity index (χ2n) is 14.0. The van der Waals surface area contributed by atoms with Crippen molar-refractivity contribution in [1.29, 1.82) is 0 Å². The van der Waals surface area contributed by atoms with Gasteiger partial charge in [-0.3, -0.25) is 14.4 Å². The maximum atomic E-state index is 13.8. The molecule has 1 aliphatic heterocycles. The Bertz CT molecular complexity index is 1790. The lowest BCUT2D eigenvalue weighted by Crippen LogP contribution is -2.32. The van der Waals surface area contributed by atoms with Crippen molar-refractivity contribution < 1.29 is 14.4 Å². The fraction of sp³-hybridized carbons (Fsp3) is 0.421. The molecule has 0 spiro atoms. The van der Waals surface area contributed by atoms with Crippen LogP contribution in [0.2, 0.25) is 0 Å². The van der Waals surface area contributed by atoms with Gasteiger partial charge in [0.15, 0.2) is 0 Å². The van der Waals surface area contributed by atoms with Crippen LogP contribution in [0.3, 0.4) is 0 Å². The van der Waals surface area contributed by atoms with Gasteiger partial charge in [0.25, 0.3) is 5.91 Å². The number of hydrogen-bond donors (Lipinski definition) is 5. The van der Waals surface area contributed by atoms with Gasteiger partial charge in [0.2, 0.25) is 11.7 Å². The number of anilines is 1. The lowest BCUT2D eigenvalue weighted by molar-refractivity contribution is -0.129. The monoisotopic (exact) mass is 660 g/mol. The summed E-state index contributed by atoms with van der Waals surface area (Å²) in [5.74, 6) is 1.41. The van der Waals surface area contributed by atoms with Crippen LogP contribution in [-0.4, -0.2) is 63.9 Å². The summed E-state index contributed by atoms with van der Waals surface area (Å²) in [6.45, 7) is 4.63. The third-order valence-electron chi connectivity index (χ3n) is 10.8. The topological polar surface area (TPSA) is 168 Å². The zero-order chi connectivity index (χ0) is 33.9. The van der Waals surface area contributed by atoms with E-state index < -0.39 is 5.92 Å². The molecule has 11 heteroatoms. The van der Waals surface area contributed by atoms with Crippen LogP contribution in [0.1, 0.15) is 53.6 Å². The standard InChI is InChI=1S/C38H44N8O3/c1-22-15-28(37(48)42-35-32-20-40-21-33(32)35)11-14-31(22)27-4-2-3-24(16-27)17-29(18-34(47)25-7-5-23(19-39)6-8-25)38(49)41-30-12-9-26(10-13-30)36-43-45-46-44-36/h2-4,9-16,23,25,29,32-33,35,40H,5-8,17-21,39H2,1H3,(H,41,49)(H,42,48)(H,43,44,45,46)/t23?,25?,29-,32?,33?,35?/m1/s1. The van der Waals surface area contributed by atoms with Crippen molar-refractivity contribution in [3.63, 3.8) is 0 Å². The van der Waals surface area contributed by atoms with Gasteiger partial charge in [0, 0.05) is 54.2 Å². The van der Waals surface area contributed by atoms with Crippen molar-refractivity contribution in [2.45, 2.75) is 51.5 Å². The van der Waals surface area contributed by atoms with Crippen LogP contribution in [0.25, 0.3) is 22.5 Å². The Balaban J connectivity index is 1.06. The van der Waals surface area contributed by atoms with E-state index in [9.17, 15) is 14.4 Å². The third kappa shape index (κ3) is 7.47. The molecule has 2 aliphatic carbocycles. The fourth-order valence-corrected chi connectivity index (χ4v) is 7.76. The van der Waals surface area contributed by atoms with Gasteiger partial charge in [0.1, 0.15) is 5.78 Å². The molecule has 11 nitrogen and oxygen atoms in total. The number of fused-ring (bicyclic) bond motifs is 1. The van der Waals surface area contributed by atoms with Crippen LogP contribution < -0.4 is 21.7 Å². The first-order valence-electron chi connectivity index (χ1n) is 17.5. The van der Waals surface area contributed by atoms with Crippen LogP contribution in [0, 0.1) is 36.5 Å². The minimum Gasteiger partial charge on any atom is -0.349 e. The number of rotatable bonds is 12. The summed E-state index contributed by atoms with van der Waals surface area (Å²) in [4.78, 5) is 40.4. The number of aromatic nitrogens is 4. The minimum absolute atomic E-state index is 0.0257. The second-order valence-corrected chi connectivity index (χ2v) is 14.0. The van der Waals surface area contributed by atoms with Gasteiger partial charge >= 0.3 is 0 Å². The van der Waals surface area contributed by atoms with Gasteiger partial charge in [-0.05, 0) is 127 Å². The van der Waals surface area contributed by atoms with E-state index in [1.165, 1.54) is 0 Å². The number of amides is 2. The van der Waals surface area contributed by atoms with Gasteiger partial charge in [-0.15, -0.1) is 10.2 Å². The Morgan fingerprint density at radius 3 is 2.41 bits per heavy atom. The molecule has 49 heavy (non-hydrogen) atoms. The van der Waals surface area contributed by atoms with Gasteiger partial charge in [0.05, 0.1) is 0 Å². The average Bonchev–Trinajstić information content (AvgIpc) is 3.51. The second kappa shape index (κ2) is 14.4. The molecule has 3 fully saturated rings. The molecule has 2 amide bonds. The first kappa shape index (κ1) is 32.8. The number of aromatic amines is 1. The Morgan fingerprint density at radius 1 is 0.939 bits per heavy atom. The van der Waals surface area contributed by atoms with E-state index in [0.717, 1.165) is 66.6 Å². The highest BCUT2D eigenvalue weighted by Crippen LogP contribution is 2.42. The van der Waals surface area contributed by atoms with Crippen molar-refractivity contribution in [3.05, 3.63) is 83.4 Å². The molecule has 3 aliphatic rings. The van der Waals surface area contributed by atoms with Crippen molar-refractivity contribution in [2.24, 2.45) is 35.3 Å². The van der Waals surface area contributed by atoms with Gasteiger partial charge in [-0.25, -0.2) is 0 Å². The maximum Gasteiger partial charge on any atom is 0.251 e. The number of H-pyrrole nitrogens is 1. The Hall–Kier alpha value is -4.74. The summed E-state index contributed by atoms with van der Waals surface area (Å²) < 4.78 is 0. The molecule has 7 rings (SSSR count). The van der Waals surface area contributed by atoms with E-state index in [1.54, 1.807) is 12.1 Å². The predicted molar refractivity (Wildman–Crippen MR) is 187 cm³/mol. The number of nitrogens with one attached hydrogen (secondary N) is 4. The van der Waals surface area contributed by atoms with E-state index >= 15 is 0 Å². The highest BCUT2D eigenvalue weighted by Gasteiger charge is 2.53. The quantitative estimate of drug-likeness (QED) is 0.150. The average molecular weight is 661 g/mol. The summed E-state index contributed by atoms with van der Waals surface area (Å²) in [6, 6.07) is 21.5. The molecular formula is C38H44N8O3. The summed E-state index contributed by atoms with van der Waals surface area (Å²) in [6.07, 6.45) is 4.16. The Morgan fingerprint density at radius 2 is 1.71 bits per heavy atom. The summed E-state index contributed by atoms with van der Waals surface area (Å²) >= 11 is 0. The number of ketones is 1. The van der Waals surface area contributed by atoms with Gasteiger partial charge in [-0.2, -0.15) is 5.21 Å². The lowest BCUT2D eigenvalue weighted by Gasteiger charge is -2.27. The van der Waals surface area contributed by atoms with Crippen LogP contribution in [-0.2, 0) is 16.0 Å². The van der Waals surface area contributed by atoms with Crippen LogP contribution in [0.4, 0.5) is 5.69 Å². The molecule has 2 unspecified atom stereocenters. The lowest BCUT2D eigenvalue weighted by atomic mass is 9.77. The van der Waals surface area contributed by atoms with Crippen LogP contribution in [0.5, 0.6) is 0 Å². The minimum atomic E-state index is -0.545. The van der Waals surface area contributed by atoms with Crippen molar-refractivity contribution >= 4 is 23.3 Å². The van der Waals surface area contributed by atoms with Crippen molar-refractivity contribution in [2.75, 3.05) is 25.0 Å². The molecule has 254 valence electrons. The van der Waals surface area contributed by atoms with E-state index in [2.05, 4.69) is 42.6 Å². The molecule has 6 N–H and O–H groups in total. The van der Waals surface area contributed by atoms with E-state index in [-0.39, 0.29) is 36.0 Å². The molecule has 1 saturated heterocycles. The van der Waals surface area contributed by atoms with E-state index in [0.29, 0.717) is 47.8 Å². The smallest absolute Gasteiger partial charge is 0.251 e. The number of aryl methyl sites for hydroxylation is 1. The highest BCUT2D eigenvalue weighted by atomic mass is 16.2. The molecule has 2 heterocycles. The number of benzene rings is 3. The number of hydrogen-bond acceptors (Lipinski definition) is 8. The van der Waals surface area contributed by atoms with Crippen LogP contribution >= 0.6 is 0 Å².